The Morgan fingerprint density at radius 3 is 2.59 bits per heavy atom. The molecule has 2 aromatic rings. The quantitative estimate of drug-likeness (QED) is 0.815. The van der Waals surface area contributed by atoms with Crippen molar-refractivity contribution in [3.8, 4) is 16.9 Å². The van der Waals surface area contributed by atoms with E-state index in [2.05, 4.69) is 4.98 Å². The van der Waals surface area contributed by atoms with E-state index in [1.54, 1.807) is 6.07 Å². The number of hydrogen-bond donors (Lipinski definition) is 1. The molecular weight excluding hydrogens is 226 g/mol. The van der Waals surface area contributed by atoms with Crippen LogP contribution in [-0.4, -0.2) is 12.1 Å². The molecule has 88 valence electrons. The first-order chi connectivity index (χ1) is 8.11. The minimum atomic E-state index is -0.663. The number of halogens is 2. The van der Waals surface area contributed by atoms with Crippen molar-refractivity contribution in [1.29, 1.82) is 0 Å². The van der Waals surface area contributed by atoms with Crippen molar-refractivity contribution in [2.75, 3.05) is 12.8 Å². The highest BCUT2D eigenvalue weighted by Crippen LogP contribution is 2.28. The number of nitrogens with zero attached hydrogens (tertiary/aromatic N) is 1. The first-order valence-corrected chi connectivity index (χ1v) is 4.85. The van der Waals surface area contributed by atoms with E-state index >= 15 is 0 Å². The van der Waals surface area contributed by atoms with Crippen LogP contribution in [0.3, 0.4) is 0 Å². The van der Waals surface area contributed by atoms with Crippen molar-refractivity contribution in [2.45, 2.75) is 0 Å². The predicted octanol–water partition coefficient (Wildman–Crippen LogP) is 2.62. The van der Waals surface area contributed by atoms with E-state index in [4.69, 9.17) is 10.5 Å². The molecule has 5 heteroatoms. The van der Waals surface area contributed by atoms with Gasteiger partial charge in [-0.05, 0) is 12.1 Å². The average molecular weight is 236 g/mol. The highest BCUT2D eigenvalue weighted by atomic mass is 19.1. The maximum absolute atomic E-state index is 13.6. The van der Waals surface area contributed by atoms with Crippen LogP contribution in [0.15, 0.2) is 30.6 Å². The Morgan fingerprint density at radius 2 is 1.88 bits per heavy atom. The summed E-state index contributed by atoms with van der Waals surface area (Å²) in [6.07, 6.45) is 2.91. The molecule has 1 aromatic carbocycles. The highest BCUT2D eigenvalue weighted by Gasteiger charge is 2.10. The summed E-state index contributed by atoms with van der Waals surface area (Å²) in [5.41, 5.74) is 5.58. The van der Waals surface area contributed by atoms with E-state index in [0.29, 0.717) is 11.3 Å². The number of ether oxygens (including phenoxy) is 1. The topological polar surface area (TPSA) is 48.1 Å². The van der Waals surface area contributed by atoms with E-state index in [0.717, 1.165) is 12.1 Å². The van der Waals surface area contributed by atoms with Crippen LogP contribution in [0.1, 0.15) is 0 Å². The van der Waals surface area contributed by atoms with Gasteiger partial charge in [0.05, 0.1) is 19.0 Å². The molecule has 0 fully saturated rings. The second kappa shape index (κ2) is 4.37. The molecule has 0 amide bonds. The normalized spacial score (nSPS) is 10.3. The van der Waals surface area contributed by atoms with Gasteiger partial charge in [-0.3, -0.25) is 4.98 Å². The van der Waals surface area contributed by atoms with E-state index in [1.807, 2.05) is 0 Å². The zero-order valence-electron chi connectivity index (χ0n) is 9.08. The number of anilines is 1. The number of rotatable bonds is 2. The Morgan fingerprint density at radius 1 is 1.12 bits per heavy atom. The van der Waals surface area contributed by atoms with Crippen LogP contribution >= 0.6 is 0 Å². The van der Waals surface area contributed by atoms with Crippen LogP contribution in [-0.2, 0) is 0 Å². The molecule has 0 aliphatic rings. The Labute approximate surface area is 96.9 Å². The zero-order valence-corrected chi connectivity index (χ0v) is 9.08. The Kier molecular flexibility index (Phi) is 2.91. The molecule has 2 rings (SSSR count). The maximum atomic E-state index is 13.6. The van der Waals surface area contributed by atoms with E-state index in [-0.39, 0.29) is 11.3 Å². The first kappa shape index (κ1) is 11.3. The van der Waals surface area contributed by atoms with Crippen LogP contribution in [0.25, 0.3) is 11.1 Å². The molecule has 0 saturated carbocycles. The zero-order chi connectivity index (χ0) is 12.4. The number of hydrogen-bond acceptors (Lipinski definition) is 3. The molecule has 2 N–H and O–H groups in total. The van der Waals surface area contributed by atoms with Crippen LogP contribution < -0.4 is 10.5 Å². The van der Waals surface area contributed by atoms with Crippen molar-refractivity contribution in [1.82, 2.24) is 4.98 Å². The number of methoxy groups -OCH3 is 1. The third-order valence-corrected chi connectivity index (χ3v) is 2.35. The average Bonchev–Trinajstić information content (AvgIpc) is 2.34. The van der Waals surface area contributed by atoms with E-state index in [1.165, 1.54) is 19.5 Å². The van der Waals surface area contributed by atoms with Gasteiger partial charge in [0.2, 0.25) is 0 Å². The maximum Gasteiger partial charge on any atom is 0.146 e. The summed E-state index contributed by atoms with van der Waals surface area (Å²) < 4.78 is 31.9. The van der Waals surface area contributed by atoms with Gasteiger partial charge in [0.25, 0.3) is 0 Å². The lowest BCUT2D eigenvalue weighted by Gasteiger charge is -2.06. The fourth-order valence-electron chi connectivity index (χ4n) is 1.46. The predicted molar refractivity (Wildman–Crippen MR) is 60.6 cm³/mol. The monoisotopic (exact) mass is 236 g/mol. The standard InChI is InChI=1S/C12H10F2N2O/c1-17-8-2-7(5-16-6-8)9-3-11(14)12(15)4-10(9)13/h2-6H,15H2,1H3. The van der Waals surface area contributed by atoms with Crippen molar-refractivity contribution < 1.29 is 13.5 Å². The Hall–Kier alpha value is -2.17. The molecule has 0 spiro atoms. The molecule has 0 radical (unpaired) electrons. The number of nitrogen functional groups attached to an aromatic ring is 1. The summed E-state index contributed by atoms with van der Waals surface area (Å²) in [7, 11) is 1.47. The van der Waals surface area contributed by atoms with Crippen molar-refractivity contribution >= 4 is 5.69 Å². The van der Waals surface area contributed by atoms with Crippen LogP contribution in [0.2, 0.25) is 0 Å². The molecule has 17 heavy (non-hydrogen) atoms. The summed E-state index contributed by atoms with van der Waals surface area (Å²) >= 11 is 0. The minimum Gasteiger partial charge on any atom is -0.495 e. The van der Waals surface area contributed by atoms with Crippen LogP contribution in [0, 0.1) is 11.6 Å². The molecule has 0 bridgehead atoms. The number of nitrogens with two attached hydrogens (primary N) is 1. The van der Waals surface area contributed by atoms with Crippen molar-refractivity contribution in [3.05, 3.63) is 42.2 Å². The lowest BCUT2D eigenvalue weighted by molar-refractivity contribution is 0.413. The fourth-order valence-corrected chi connectivity index (χ4v) is 1.46. The second-order valence-corrected chi connectivity index (χ2v) is 3.47. The Balaban J connectivity index is 2.56. The molecule has 1 heterocycles. The second-order valence-electron chi connectivity index (χ2n) is 3.47. The lowest BCUT2D eigenvalue weighted by atomic mass is 10.1. The van der Waals surface area contributed by atoms with Gasteiger partial charge in [-0.1, -0.05) is 0 Å². The summed E-state index contributed by atoms with van der Waals surface area (Å²) in [6, 6.07) is 3.56. The van der Waals surface area contributed by atoms with E-state index in [9.17, 15) is 8.78 Å². The molecule has 0 aliphatic carbocycles. The SMILES string of the molecule is COc1cncc(-c2cc(F)c(N)cc2F)c1. The fraction of sp³-hybridized carbons (Fsp3) is 0.0833. The minimum absolute atomic E-state index is 0.100. The van der Waals surface area contributed by atoms with Crippen molar-refractivity contribution in [3.63, 3.8) is 0 Å². The van der Waals surface area contributed by atoms with Crippen molar-refractivity contribution in [2.24, 2.45) is 0 Å². The summed E-state index contributed by atoms with van der Waals surface area (Å²) in [6.45, 7) is 0. The van der Waals surface area contributed by atoms with Gasteiger partial charge < -0.3 is 10.5 Å². The number of pyridine rings is 1. The first-order valence-electron chi connectivity index (χ1n) is 4.85. The molecule has 0 saturated heterocycles. The van der Waals surface area contributed by atoms with Gasteiger partial charge >= 0.3 is 0 Å². The summed E-state index contributed by atoms with van der Waals surface area (Å²) in [5.74, 6) is -0.790. The van der Waals surface area contributed by atoms with Gasteiger partial charge in [0.1, 0.15) is 17.4 Å². The highest BCUT2D eigenvalue weighted by molar-refractivity contribution is 5.67. The Bertz CT molecular complexity index is 558. The molecule has 1 aromatic heterocycles. The summed E-state index contributed by atoms with van der Waals surface area (Å²) in [4.78, 5) is 3.88. The third-order valence-electron chi connectivity index (χ3n) is 2.35. The van der Waals surface area contributed by atoms with Gasteiger partial charge in [-0.15, -0.1) is 0 Å². The third kappa shape index (κ3) is 2.18. The smallest absolute Gasteiger partial charge is 0.146 e. The van der Waals surface area contributed by atoms with Gasteiger partial charge in [0, 0.05) is 23.4 Å². The molecular formula is C12H10F2N2O. The molecule has 0 unspecified atom stereocenters. The largest absolute Gasteiger partial charge is 0.495 e. The summed E-state index contributed by atoms with van der Waals surface area (Å²) in [5, 5.41) is 0. The molecule has 0 atom stereocenters. The van der Waals surface area contributed by atoms with E-state index < -0.39 is 11.6 Å². The van der Waals surface area contributed by atoms with Crippen LogP contribution in [0.4, 0.5) is 14.5 Å². The molecule has 3 nitrogen and oxygen atoms in total. The van der Waals surface area contributed by atoms with Crippen LogP contribution in [0.5, 0.6) is 5.75 Å². The number of benzene rings is 1. The number of aromatic nitrogens is 1. The van der Waals surface area contributed by atoms with Gasteiger partial charge in [-0.25, -0.2) is 8.78 Å². The molecule has 0 aliphatic heterocycles. The lowest BCUT2D eigenvalue weighted by Crippen LogP contribution is -1.95. The van der Waals surface area contributed by atoms with Gasteiger partial charge in [0.15, 0.2) is 0 Å². The van der Waals surface area contributed by atoms with Gasteiger partial charge in [-0.2, -0.15) is 0 Å².